The van der Waals surface area contributed by atoms with E-state index < -0.39 is 49.5 Å². The third-order valence-electron chi connectivity index (χ3n) is 2.02. The highest BCUT2D eigenvalue weighted by atomic mass is 19.4. The van der Waals surface area contributed by atoms with Gasteiger partial charge in [-0.25, -0.2) is 8.78 Å². The fourth-order valence-electron chi connectivity index (χ4n) is 0.952. The Balaban J connectivity index is 5.12. The summed E-state index contributed by atoms with van der Waals surface area (Å²) in [5, 5.41) is 0. The molecule has 0 aliphatic rings. The van der Waals surface area contributed by atoms with Crippen LogP contribution in [0.3, 0.4) is 0 Å². The maximum atomic E-state index is 12.7. The van der Waals surface area contributed by atoms with E-state index in [0.29, 0.717) is 0 Å². The zero-order valence-electron chi connectivity index (χ0n) is 9.81. The maximum Gasteiger partial charge on any atom is 0.397 e. The second-order valence-electron chi connectivity index (χ2n) is 3.92. The minimum Gasteiger partial charge on any atom is -0.314 e. The summed E-state index contributed by atoms with van der Waals surface area (Å²) in [6, 6.07) is 0. The second kappa shape index (κ2) is 5.92. The number of ether oxygens (including phenoxy) is 1. The molecule has 0 aromatic carbocycles. The summed E-state index contributed by atoms with van der Waals surface area (Å²) in [5.74, 6) is -19.8. The van der Waals surface area contributed by atoms with E-state index in [1.54, 1.807) is 0 Å². The zero-order valence-corrected chi connectivity index (χ0v) is 9.81. The van der Waals surface area contributed by atoms with E-state index in [9.17, 15) is 57.1 Å². The Hall–Kier alpha value is -0.950. The van der Waals surface area contributed by atoms with Crippen molar-refractivity contribution in [1.82, 2.24) is 0 Å². The number of alkyl halides is 13. The smallest absolute Gasteiger partial charge is 0.314 e. The Kier molecular flexibility index (Phi) is 5.67. The summed E-state index contributed by atoms with van der Waals surface area (Å²) in [7, 11) is 0. The molecule has 0 aromatic heterocycles. The quantitative estimate of drug-likeness (QED) is 0.594. The minimum absolute atomic E-state index is 2.57. The predicted octanol–water partition coefficient (Wildman–Crippen LogP) is 4.72. The van der Waals surface area contributed by atoms with Crippen LogP contribution in [0.2, 0.25) is 0 Å². The van der Waals surface area contributed by atoms with Gasteiger partial charge in [0.1, 0.15) is 13.0 Å². The monoisotopic (exact) mass is 364 g/mol. The second-order valence-corrected chi connectivity index (χ2v) is 3.92. The summed E-state index contributed by atoms with van der Waals surface area (Å²) in [4.78, 5) is 0. The van der Waals surface area contributed by atoms with Crippen LogP contribution in [0, 0.1) is 0 Å². The van der Waals surface area contributed by atoms with E-state index in [1.165, 1.54) is 0 Å². The molecule has 134 valence electrons. The van der Waals surface area contributed by atoms with Crippen LogP contribution in [0.4, 0.5) is 57.1 Å². The summed E-state index contributed by atoms with van der Waals surface area (Å²) in [6.07, 6.45) is -19.6. The van der Waals surface area contributed by atoms with Gasteiger partial charge in [0, 0.05) is 0 Å². The standard InChI is InChI=1S/C8H5F13O/c9-3(10)7(18,19)8(20,21)4(11,12)2-22-6(16,17)1-5(13,14)15/h3H,1-2H2. The fraction of sp³-hybridized carbons (Fsp3) is 1.00. The molecule has 0 fully saturated rings. The third-order valence-corrected chi connectivity index (χ3v) is 2.02. The molecular weight excluding hydrogens is 359 g/mol. The molecule has 0 spiro atoms. The van der Waals surface area contributed by atoms with Crippen molar-refractivity contribution in [2.24, 2.45) is 0 Å². The largest absolute Gasteiger partial charge is 0.397 e. The molecule has 0 radical (unpaired) electrons. The van der Waals surface area contributed by atoms with E-state index in [2.05, 4.69) is 4.74 Å². The van der Waals surface area contributed by atoms with Crippen LogP contribution in [0.25, 0.3) is 0 Å². The maximum absolute atomic E-state index is 12.7. The van der Waals surface area contributed by atoms with Crippen LogP contribution in [-0.2, 0) is 4.74 Å². The van der Waals surface area contributed by atoms with Crippen LogP contribution in [-0.4, -0.2) is 43.1 Å². The molecule has 0 aromatic rings. The van der Waals surface area contributed by atoms with Crippen molar-refractivity contribution >= 4 is 0 Å². The molecule has 14 heteroatoms. The summed E-state index contributed by atoms with van der Waals surface area (Å²) >= 11 is 0. The number of halogens is 13. The first kappa shape index (κ1) is 21.0. The molecule has 0 saturated heterocycles. The molecule has 0 unspecified atom stereocenters. The van der Waals surface area contributed by atoms with Gasteiger partial charge in [0.05, 0.1) is 0 Å². The van der Waals surface area contributed by atoms with E-state index in [-0.39, 0.29) is 0 Å². The van der Waals surface area contributed by atoms with Gasteiger partial charge in [0.25, 0.3) is 0 Å². The Labute approximate surface area is 113 Å². The van der Waals surface area contributed by atoms with Gasteiger partial charge in [-0.05, 0) is 0 Å². The molecule has 0 atom stereocenters. The number of hydrogen-bond donors (Lipinski definition) is 0. The summed E-state index contributed by atoms with van der Waals surface area (Å²) in [5.41, 5.74) is 0. The van der Waals surface area contributed by atoms with Gasteiger partial charge >= 0.3 is 36.5 Å². The average Bonchev–Trinajstić information content (AvgIpc) is 2.22. The summed E-state index contributed by atoms with van der Waals surface area (Å²) < 4.78 is 161. The Morgan fingerprint density at radius 3 is 1.45 bits per heavy atom. The van der Waals surface area contributed by atoms with Gasteiger partial charge in [-0.1, -0.05) is 0 Å². The molecule has 0 aliphatic carbocycles. The number of rotatable bonds is 7. The van der Waals surface area contributed by atoms with Gasteiger partial charge in [0.15, 0.2) is 0 Å². The van der Waals surface area contributed by atoms with Gasteiger partial charge in [-0.15, -0.1) is 0 Å². The lowest BCUT2D eigenvalue weighted by atomic mass is 10.1. The van der Waals surface area contributed by atoms with E-state index in [1.807, 2.05) is 0 Å². The molecule has 0 rings (SSSR count). The Morgan fingerprint density at radius 1 is 0.727 bits per heavy atom. The van der Waals surface area contributed by atoms with Crippen molar-refractivity contribution < 1.29 is 61.8 Å². The first-order valence-electron chi connectivity index (χ1n) is 4.86. The molecule has 0 saturated carbocycles. The van der Waals surface area contributed by atoms with Crippen molar-refractivity contribution in [1.29, 1.82) is 0 Å². The third kappa shape index (κ3) is 4.78. The molecular formula is C8H5F13O. The Bertz CT molecular complexity index is 371. The highest BCUT2D eigenvalue weighted by molar-refractivity contribution is 4.98. The topological polar surface area (TPSA) is 9.23 Å². The molecule has 1 nitrogen and oxygen atoms in total. The van der Waals surface area contributed by atoms with Gasteiger partial charge in [-0.3, -0.25) is 0 Å². The van der Waals surface area contributed by atoms with E-state index in [4.69, 9.17) is 0 Å². The van der Waals surface area contributed by atoms with Gasteiger partial charge in [-0.2, -0.15) is 48.3 Å². The molecule has 22 heavy (non-hydrogen) atoms. The first-order chi connectivity index (χ1) is 9.36. The SMILES string of the molecule is FC(F)C(F)(F)C(F)(F)C(F)(F)COC(F)(F)CC(F)(F)F. The average molecular weight is 364 g/mol. The van der Waals surface area contributed by atoms with Crippen LogP contribution < -0.4 is 0 Å². The minimum atomic E-state index is -6.84. The molecule has 0 bridgehead atoms. The highest BCUT2D eigenvalue weighted by Crippen LogP contribution is 2.49. The summed E-state index contributed by atoms with van der Waals surface area (Å²) in [6.45, 7) is -3.34. The molecule has 0 amide bonds. The fourth-order valence-corrected chi connectivity index (χ4v) is 0.952. The van der Waals surface area contributed by atoms with Gasteiger partial charge < -0.3 is 4.74 Å². The van der Waals surface area contributed by atoms with Gasteiger partial charge in [0.2, 0.25) is 0 Å². The molecule has 0 N–H and O–H groups in total. The van der Waals surface area contributed by atoms with Crippen molar-refractivity contribution in [2.45, 2.75) is 42.9 Å². The zero-order chi connectivity index (χ0) is 18.2. The Morgan fingerprint density at radius 2 is 1.14 bits per heavy atom. The predicted molar refractivity (Wildman–Crippen MR) is 42.4 cm³/mol. The van der Waals surface area contributed by atoms with Crippen LogP contribution in [0.15, 0.2) is 0 Å². The van der Waals surface area contributed by atoms with Crippen LogP contribution in [0.1, 0.15) is 6.42 Å². The van der Waals surface area contributed by atoms with Crippen molar-refractivity contribution in [3.8, 4) is 0 Å². The van der Waals surface area contributed by atoms with Crippen molar-refractivity contribution in [3.05, 3.63) is 0 Å². The van der Waals surface area contributed by atoms with E-state index >= 15 is 0 Å². The first-order valence-corrected chi connectivity index (χ1v) is 4.86. The lowest BCUT2D eigenvalue weighted by Gasteiger charge is -2.32. The molecule has 0 heterocycles. The van der Waals surface area contributed by atoms with Crippen molar-refractivity contribution in [3.63, 3.8) is 0 Å². The number of hydrogen-bond acceptors (Lipinski definition) is 1. The highest BCUT2D eigenvalue weighted by Gasteiger charge is 2.75. The van der Waals surface area contributed by atoms with E-state index in [0.717, 1.165) is 0 Å². The normalized spacial score (nSPS) is 15.5. The van der Waals surface area contributed by atoms with Crippen LogP contribution in [0.5, 0.6) is 0 Å². The van der Waals surface area contributed by atoms with Crippen LogP contribution >= 0.6 is 0 Å². The lowest BCUT2D eigenvalue weighted by molar-refractivity contribution is -0.369. The molecule has 0 aliphatic heterocycles. The lowest BCUT2D eigenvalue weighted by Crippen LogP contribution is -2.59. The van der Waals surface area contributed by atoms with Crippen molar-refractivity contribution in [2.75, 3.05) is 6.61 Å².